The van der Waals surface area contributed by atoms with Crippen LogP contribution in [0.5, 0.6) is 0 Å². The van der Waals surface area contributed by atoms with E-state index in [1.807, 2.05) is 48.5 Å². The third-order valence-electron chi connectivity index (χ3n) is 3.55. The summed E-state index contributed by atoms with van der Waals surface area (Å²) in [5.41, 5.74) is 2.59. The van der Waals surface area contributed by atoms with Gasteiger partial charge in [-0.05, 0) is 18.2 Å². The van der Waals surface area contributed by atoms with E-state index in [1.165, 1.54) is 0 Å². The number of amides is 1. The highest BCUT2D eigenvalue weighted by molar-refractivity contribution is 9.10. The molecule has 1 heterocycles. The van der Waals surface area contributed by atoms with Crippen molar-refractivity contribution in [1.29, 1.82) is 0 Å². The maximum absolute atomic E-state index is 12.7. The van der Waals surface area contributed by atoms with Crippen LogP contribution >= 0.6 is 15.9 Å². The number of fused-ring (bicyclic) bond motifs is 1. The highest BCUT2D eigenvalue weighted by Crippen LogP contribution is 2.35. The average molecular weight is 343 g/mol. The van der Waals surface area contributed by atoms with Gasteiger partial charge in [0.05, 0.1) is 5.56 Å². The van der Waals surface area contributed by atoms with Crippen molar-refractivity contribution in [3.63, 3.8) is 0 Å². The largest absolute Gasteiger partial charge is 0.361 e. The number of rotatable bonds is 3. The molecule has 21 heavy (non-hydrogen) atoms. The van der Waals surface area contributed by atoms with Crippen LogP contribution in [0.2, 0.25) is 0 Å². The zero-order valence-electron chi connectivity index (χ0n) is 11.4. The molecule has 0 aliphatic carbocycles. The first kappa shape index (κ1) is 13.9. The normalized spacial score (nSPS) is 17.1. The van der Waals surface area contributed by atoms with Crippen LogP contribution in [-0.4, -0.2) is 17.4 Å². The number of nitrogens with zero attached hydrogens (tertiary/aromatic N) is 1. The minimum absolute atomic E-state index is 0.0185. The molecule has 0 aromatic heterocycles. The first-order chi connectivity index (χ1) is 10.2. The molecule has 0 fully saturated rings. The van der Waals surface area contributed by atoms with Crippen molar-refractivity contribution in [3.05, 3.63) is 76.8 Å². The van der Waals surface area contributed by atoms with Crippen molar-refractivity contribution >= 4 is 27.5 Å². The first-order valence-electron chi connectivity index (χ1n) is 6.74. The van der Waals surface area contributed by atoms with Gasteiger partial charge in [-0.25, -0.2) is 0 Å². The molecule has 4 heteroatoms. The third-order valence-corrected chi connectivity index (χ3v) is 4.27. The van der Waals surface area contributed by atoms with Gasteiger partial charge in [0.1, 0.15) is 6.17 Å². The zero-order valence-corrected chi connectivity index (χ0v) is 13.0. The fraction of sp³-hybridized carbons (Fsp3) is 0.118. The molecular formula is C17H15BrN2O. The Bertz CT molecular complexity index is 699. The lowest BCUT2D eigenvalue weighted by molar-refractivity contribution is 0.0707. The predicted molar refractivity (Wildman–Crippen MR) is 88.2 cm³/mol. The summed E-state index contributed by atoms with van der Waals surface area (Å²) in [4.78, 5) is 14.5. The van der Waals surface area contributed by atoms with Crippen LogP contribution in [0.15, 0.2) is 65.7 Å². The second-order valence-electron chi connectivity index (χ2n) is 4.86. The standard InChI is InChI=1S/C17H15BrN2O/c1-2-11-20-16(12-7-3-5-9-14(12)18)19-15-10-6-4-8-13(15)17(20)21/h2-10,16,19H,1,11H2/t16-/m0/s1. The van der Waals surface area contributed by atoms with Crippen LogP contribution in [0.4, 0.5) is 5.69 Å². The van der Waals surface area contributed by atoms with E-state index in [4.69, 9.17) is 0 Å². The fourth-order valence-electron chi connectivity index (χ4n) is 2.56. The van der Waals surface area contributed by atoms with Crippen LogP contribution in [-0.2, 0) is 0 Å². The molecule has 1 N–H and O–H groups in total. The van der Waals surface area contributed by atoms with E-state index < -0.39 is 0 Å². The summed E-state index contributed by atoms with van der Waals surface area (Å²) in [6, 6.07) is 15.5. The van der Waals surface area contributed by atoms with Gasteiger partial charge in [-0.2, -0.15) is 0 Å². The summed E-state index contributed by atoms with van der Waals surface area (Å²) in [5, 5.41) is 3.45. The molecular weight excluding hydrogens is 328 g/mol. The van der Waals surface area contributed by atoms with Crippen molar-refractivity contribution in [2.24, 2.45) is 0 Å². The molecule has 0 saturated carbocycles. The van der Waals surface area contributed by atoms with E-state index >= 15 is 0 Å². The second kappa shape index (κ2) is 5.74. The summed E-state index contributed by atoms with van der Waals surface area (Å²) in [7, 11) is 0. The van der Waals surface area contributed by atoms with Crippen molar-refractivity contribution in [3.8, 4) is 0 Å². The van der Waals surface area contributed by atoms with Gasteiger partial charge in [0, 0.05) is 22.3 Å². The topological polar surface area (TPSA) is 32.3 Å². The number of hydrogen-bond acceptors (Lipinski definition) is 2. The lowest BCUT2D eigenvalue weighted by atomic mass is 10.0. The monoisotopic (exact) mass is 342 g/mol. The van der Waals surface area contributed by atoms with E-state index in [0.29, 0.717) is 12.1 Å². The quantitative estimate of drug-likeness (QED) is 0.847. The molecule has 0 radical (unpaired) electrons. The second-order valence-corrected chi connectivity index (χ2v) is 5.71. The maximum Gasteiger partial charge on any atom is 0.258 e. The molecule has 0 unspecified atom stereocenters. The van der Waals surface area contributed by atoms with Gasteiger partial charge in [-0.3, -0.25) is 4.79 Å². The van der Waals surface area contributed by atoms with Gasteiger partial charge in [0.15, 0.2) is 0 Å². The van der Waals surface area contributed by atoms with Crippen LogP contribution in [0, 0.1) is 0 Å². The van der Waals surface area contributed by atoms with Crippen LogP contribution in [0.3, 0.4) is 0 Å². The van der Waals surface area contributed by atoms with Crippen molar-refractivity contribution in [2.75, 3.05) is 11.9 Å². The molecule has 1 aliphatic heterocycles. The summed E-state index contributed by atoms with van der Waals surface area (Å²) in [6.45, 7) is 4.25. The minimum atomic E-state index is -0.207. The zero-order chi connectivity index (χ0) is 14.8. The number of hydrogen-bond donors (Lipinski definition) is 1. The van der Waals surface area contributed by atoms with Gasteiger partial charge in [-0.15, -0.1) is 6.58 Å². The Balaban J connectivity index is 2.09. The van der Waals surface area contributed by atoms with Crippen molar-refractivity contribution in [1.82, 2.24) is 4.90 Å². The number of carbonyl (C=O) groups is 1. The Morgan fingerprint density at radius 2 is 1.90 bits per heavy atom. The Hall–Kier alpha value is -2.07. The highest BCUT2D eigenvalue weighted by atomic mass is 79.9. The molecule has 1 amide bonds. The molecule has 0 bridgehead atoms. The Morgan fingerprint density at radius 3 is 2.67 bits per heavy atom. The minimum Gasteiger partial charge on any atom is -0.361 e. The molecule has 3 nitrogen and oxygen atoms in total. The summed E-state index contributed by atoms with van der Waals surface area (Å²) >= 11 is 3.57. The molecule has 3 rings (SSSR count). The van der Waals surface area contributed by atoms with Crippen LogP contribution < -0.4 is 5.32 Å². The number of para-hydroxylation sites is 1. The fourth-order valence-corrected chi connectivity index (χ4v) is 3.06. The number of carbonyl (C=O) groups excluding carboxylic acids is 1. The van der Waals surface area contributed by atoms with Crippen LogP contribution in [0.25, 0.3) is 0 Å². The smallest absolute Gasteiger partial charge is 0.258 e. The number of anilines is 1. The molecule has 2 aromatic carbocycles. The van der Waals surface area contributed by atoms with E-state index in [0.717, 1.165) is 15.7 Å². The number of benzene rings is 2. The Kier molecular flexibility index (Phi) is 3.80. The maximum atomic E-state index is 12.7. The molecule has 106 valence electrons. The average Bonchev–Trinajstić information content (AvgIpc) is 2.51. The Labute approximate surface area is 132 Å². The highest BCUT2D eigenvalue weighted by Gasteiger charge is 2.32. The van der Waals surface area contributed by atoms with E-state index in [1.54, 1.807) is 11.0 Å². The number of halogens is 1. The SMILES string of the molecule is C=CCN1C(=O)c2ccccc2N[C@@H]1c1ccccc1Br. The van der Waals surface area contributed by atoms with E-state index in [2.05, 4.69) is 27.8 Å². The van der Waals surface area contributed by atoms with Crippen molar-refractivity contribution in [2.45, 2.75) is 6.17 Å². The molecule has 1 atom stereocenters. The summed E-state index contributed by atoms with van der Waals surface area (Å²) < 4.78 is 0.976. The first-order valence-corrected chi connectivity index (χ1v) is 7.53. The van der Waals surface area contributed by atoms with Gasteiger partial charge >= 0.3 is 0 Å². The van der Waals surface area contributed by atoms with Gasteiger partial charge in [0.25, 0.3) is 5.91 Å². The summed E-state index contributed by atoms with van der Waals surface area (Å²) in [5.74, 6) is 0.0185. The van der Waals surface area contributed by atoms with E-state index in [-0.39, 0.29) is 12.1 Å². The summed E-state index contributed by atoms with van der Waals surface area (Å²) in [6.07, 6.45) is 1.54. The van der Waals surface area contributed by atoms with Gasteiger partial charge in [-0.1, -0.05) is 52.3 Å². The van der Waals surface area contributed by atoms with Gasteiger partial charge < -0.3 is 10.2 Å². The molecule has 2 aromatic rings. The molecule has 0 saturated heterocycles. The van der Waals surface area contributed by atoms with Crippen molar-refractivity contribution < 1.29 is 4.79 Å². The predicted octanol–water partition coefficient (Wildman–Crippen LogP) is 4.20. The molecule has 0 spiro atoms. The lowest BCUT2D eigenvalue weighted by Gasteiger charge is -2.38. The number of nitrogens with one attached hydrogen (secondary N) is 1. The van der Waals surface area contributed by atoms with E-state index in [9.17, 15) is 4.79 Å². The lowest BCUT2D eigenvalue weighted by Crippen LogP contribution is -2.43. The Morgan fingerprint density at radius 1 is 1.19 bits per heavy atom. The molecule has 1 aliphatic rings. The third kappa shape index (κ3) is 2.47. The van der Waals surface area contributed by atoms with Crippen LogP contribution in [0.1, 0.15) is 22.1 Å². The van der Waals surface area contributed by atoms with Gasteiger partial charge in [0.2, 0.25) is 0 Å².